The molecule has 0 aliphatic heterocycles. The molecule has 0 aromatic heterocycles. The molecular formula is C13H17F2NO2. The molecule has 0 radical (unpaired) electrons. The molecule has 1 aromatic rings. The van der Waals surface area contributed by atoms with E-state index >= 15 is 0 Å². The standard InChI is InChI=1S/C13H17F2NO2/c1-17-8-12(9-5-6-9)16-10-3-2-4-11(7-10)18-13(14)15/h2-4,7,9,12-13,16H,5-6,8H2,1H3. The van der Waals surface area contributed by atoms with Gasteiger partial charge in [-0.2, -0.15) is 8.78 Å². The van der Waals surface area contributed by atoms with E-state index in [2.05, 4.69) is 10.1 Å². The monoisotopic (exact) mass is 257 g/mol. The van der Waals surface area contributed by atoms with Crippen molar-refractivity contribution < 1.29 is 18.3 Å². The molecule has 1 fully saturated rings. The number of nitrogens with one attached hydrogen (secondary N) is 1. The van der Waals surface area contributed by atoms with Crippen LogP contribution in [0.3, 0.4) is 0 Å². The van der Waals surface area contributed by atoms with Crippen LogP contribution < -0.4 is 10.1 Å². The third kappa shape index (κ3) is 3.84. The van der Waals surface area contributed by atoms with Crippen LogP contribution in [-0.4, -0.2) is 26.4 Å². The van der Waals surface area contributed by atoms with Crippen molar-refractivity contribution in [1.29, 1.82) is 0 Å². The maximum atomic E-state index is 12.1. The van der Waals surface area contributed by atoms with Gasteiger partial charge in [0.2, 0.25) is 0 Å². The minimum Gasteiger partial charge on any atom is -0.435 e. The van der Waals surface area contributed by atoms with Crippen LogP contribution in [0.5, 0.6) is 5.75 Å². The fourth-order valence-corrected chi connectivity index (χ4v) is 1.95. The number of halogens is 2. The highest BCUT2D eigenvalue weighted by atomic mass is 19.3. The van der Waals surface area contributed by atoms with Crippen molar-refractivity contribution in [2.45, 2.75) is 25.5 Å². The molecule has 1 aromatic carbocycles. The third-order valence-corrected chi connectivity index (χ3v) is 2.95. The van der Waals surface area contributed by atoms with Gasteiger partial charge in [0, 0.05) is 18.9 Å². The van der Waals surface area contributed by atoms with Gasteiger partial charge in [-0.1, -0.05) is 6.07 Å². The van der Waals surface area contributed by atoms with Gasteiger partial charge in [0.05, 0.1) is 12.6 Å². The lowest BCUT2D eigenvalue weighted by molar-refractivity contribution is -0.0498. The van der Waals surface area contributed by atoms with Gasteiger partial charge >= 0.3 is 6.61 Å². The number of hydrogen-bond acceptors (Lipinski definition) is 3. The van der Waals surface area contributed by atoms with Gasteiger partial charge in [-0.15, -0.1) is 0 Å². The van der Waals surface area contributed by atoms with Gasteiger partial charge in [0.1, 0.15) is 5.75 Å². The van der Waals surface area contributed by atoms with Gasteiger partial charge in [-0.25, -0.2) is 0 Å². The lowest BCUT2D eigenvalue weighted by atomic mass is 10.2. The van der Waals surface area contributed by atoms with Crippen molar-refractivity contribution in [1.82, 2.24) is 0 Å². The van der Waals surface area contributed by atoms with E-state index in [4.69, 9.17) is 4.74 Å². The van der Waals surface area contributed by atoms with Gasteiger partial charge in [-0.3, -0.25) is 0 Å². The summed E-state index contributed by atoms with van der Waals surface area (Å²) in [4.78, 5) is 0. The lowest BCUT2D eigenvalue weighted by Crippen LogP contribution is -2.27. The van der Waals surface area contributed by atoms with Crippen molar-refractivity contribution in [2.24, 2.45) is 5.92 Å². The van der Waals surface area contributed by atoms with Crippen LogP contribution in [0.4, 0.5) is 14.5 Å². The first-order valence-electron chi connectivity index (χ1n) is 5.99. The number of rotatable bonds is 7. The fourth-order valence-electron chi connectivity index (χ4n) is 1.95. The largest absolute Gasteiger partial charge is 0.435 e. The van der Waals surface area contributed by atoms with Crippen LogP contribution in [0.15, 0.2) is 24.3 Å². The molecule has 1 unspecified atom stereocenters. The molecule has 100 valence electrons. The van der Waals surface area contributed by atoms with Crippen LogP contribution in [0.1, 0.15) is 12.8 Å². The number of ether oxygens (including phenoxy) is 2. The van der Waals surface area contributed by atoms with E-state index in [0.29, 0.717) is 12.5 Å². The van der Waals surface area contributed by atoms with E-state index in [1.165, 1.54) is 18.9 Å². The highest BCUT2D eigenvalue weighted by Crippen LogP contribution is 2.34. The van der Waals surface area contributed by atoms with E-state index in [-0.39, 0.29) is 11.8 Å². The number of benzene rings is 1. The molecule has 1 aliphatic rings. The number of methoxy groups -OCH3 is 1. The minimum atomic E-state index is -2.79. The summed E-state index contributed by atoms with van der Waals surface area (Å²) in [5, 5.41) is 3.31. The second kappa shape index (κ2) is 6.00. The van der Waals surface area contributed by atoms with Crippen molar-refractivity contribution in [3.63, 3.8) is 0 Å². The Labute approximate surface area is 105 Å². The van der Waals surface area contributed by atoms with E-state index in [9.17, 15) is 8.78 Å². The fraction of sp³-hybridized carbons (Fsp3) is 0.538. The Hall–Kier alpha value is -1.36. The summed E-state index contributed by atoms with van der Waals surface area (Å²) in [5.41, 5.74) is 0.780. The maximum absolute atomic E-state index is 12.1. The van der Waals surface area contributed by atoms with Gasteiger partial charge in [0.15, 0.2) is 0 Å². The molecule has 5 heteroatoms. The molecule has 2 rings (SSSR count). The van der Waals surface area contributed by atoms with E-state index < -0.39 is 6.61 Å². The summed E-state index contributed by atoms with van der Waals surface area (Å²) < 4.78 is 33.7. The number of hydrogen-bond donors (Lipinski definition) is 1. The molecule has 1 aliphatic carbocycles. The molecule has 0 spiro atoms. The highest BCUT2D eigenvalue weighted by molar-refractivity contribution is 5.49. The van der Waals surface area contributed by atoms with Crippen molar-refractivity contribution in [3.05, 3.63) is 24.3 Å². The molecule has 18 heavy (non-hydrogen) atoms. The molecule has 1 N–H and O–H groups in total. The van der Waals surface area contributed by atoms with Crippen molar-refractivity contribution >= 4 is 5.69 Å². The van der Waals surface area contributed by atoms with Crippen LogP contribution in [0, 0.1) is 5.92 Å². The average Bonchev–Trinajstić information content (AvgIpc) is 3.12. The van der Waals surface area contributed by atoms with Gasteiger partial charge < -0.3 is 14.8 Å². The molecule has 1 atom stereocenters. The summed E-state index contributed by atoms with van der Waals surface area (Å²) in [5.74, 6) is 0.784. The van der Waals surface area contributed by atoms with E-state index in [1.54, 1.807) is 19.2 Å². The predicted octanol–water partition coefficient (Wildman–Crippen LogP) is 3.12. The first-order valence-corrected chi connectivity index (χ1v) is 5.99. The van der Waals surface area contributed by atoms with Gasteiger partial charge in [-0.05, 0) is 30.9 Å². The molecular weight excluding hydrogens is 240 g/mol. The predicted molar refractivity (Wildman–Crippen MR) is 65.1 cm³/mol. The van der Waals surface area contributed by atoms with E-state index in [0.717, 1.165) is 5.69 Å². The maximum Gasteiger partial charge on any atom is 0.387 e. The topological polar surface area (TPSA) is 30.5 Å². The van der Waals surface area contributed by atoms with Crippen LogP contribution >= 0.6 is 0 Å². The van der Waals surface area contributed by atoms with Crippen LogP contribution in [-0.2, 0) is 4.74 Å². The number of alkyl halides is 2. The smallest absolute Gasteiger partial charge is 0.387 e. The molecule has 0 saturated heterocycles. The number of anilines is 1. The minimum absolute atomic E-state index is 0.168. The highest BCUT2D eigenvalue weighted by Gasteiger charge is 2.31. The van der Waals surface area contributed by atoms with E-state index in [1.807, 2.05) is 6.07 Å². The second-order valence-electron chi connectivity index (χ2n) is 4.45. The molecule has 0 heterocycles. The third-order valence-electron chi connectivity index (χ3n) is 2.95. The second-order valence-corrected chi connectivity index (χ2v) is 4.45. The average molecular weight is 257 g/mol. The quantitative estimate of drug-likeness (QED) is 0.814. The summed E-state index contributed by atoms with van der Waals surface area (Å²) in [6.07, 6.45) is 2.38. The zero-order chi connectivity index (χ0) is 13.0. The zero-order valence-corrected chi connectivity index (χ0v) is 10.2. The Kier molecular flexibility index (Phi) is 4.36. The van der Waals surface area contributed by atoms with Crippen LogP contribution in [0.2, 0.25) is 0 Å². The summed E-state index contributed by atoms with van der Waals surface area (Å²) >= 11 is 0. The normalized spacial score (nSPS) is 16.7. The Morgan fingerprint density at radius 1 is 1.39 bits per heavy atom. The summed E-state index contributed by atoms with van der Waals surface area (Å²) in [7, 11) is 1.66. The molecule has 1 saturated carbocycles. The van der Waals surface area contributed by atoms with Crippen molar-refractivity contribution in [3.8, 4) is 5.75 Å². The Balaban J connectivity index is 1.98. The molecule has 0 amide bonds. The first kappa shape index (κ1) is 13.1. The van der Waals surface area contributed by atoms with Gasteiger partial charge in [0.25, 0.3) is 0 Å². The van der Waals surface area contributed by atoms with Crippen molar-refractivity contribution in [2.75, 3.05) is 19.0 Å². The Morgan fingerprint density at radius 2 is 2.17 bits per heavy atom. The lowest BCUT2D eigenvalue weighted by Gasteiger charge is -2.19. The SMILES string of the molecule is COCC(Nc1cccc(OC(F)F)c1)C1CC1. The Bertz CT molecular complexity index is 383. The molecule has 3 nitrogen and oxygen atoms in total. The molecule has 0 bridgehead atoms. The first-order chi connectivity index (χ1) is 8.69. The zero-order valence-electron chi connectivity index (χ0n) is 10.2. The van der Waals surface area contributed by atoms with Crippen LogP contribution in [0.25, 0.3) is 0 Å². The summed E-state index contributed by atoms with van der Waals surface area (Å²) in [6, 6.07) is 6.86. The summed E-state index contributed by atoms with van der Waals surface area (Å²) in [6.45, 7) is -2.18. The Morgan fingerprint density at radius 3 is 2.78 bits per heavy atom.